The Labute approximate surface area is 150 Å². The average molecular weight is 351 g/mol. The molecule has 1 atom stereocenters. The Morgan fingerprint density at radius 1 is 1.12 bits per heavy atom. The normalized spacial score (nSPS) is 15.3. The van der Waals surface area contributed by atoms with E-state index in [0.717, 1.165) is 29.0 Å². The Hall–Kier alpha value is -2.67. The van der Waals surface area contributed by atoms with Gasteiger partial charge < -0.3 is 10.1 Å². The van der Waals surface area contributed by atoms with Gasteiger partial charge in [0.15, 0.2) is 11.9 Å². The van der Waals surface area contributed by atoms with Gasteiger partial charge in [0, 0.05) is 35.0 Å². The van der Waals surface area contributed by atoms with Crippen molar-refractivity contribution in [3.63, 3.8) is 0 Å². The fourth-order valence-corrected chi connectivity index (χ4v) is 3.22. The van der Waals surface area contributed by atoms with Gasteiger partial charge in [-0.25, -0.2) is 0 Å². The summed E-state index contributed by atoms with van der Waals surface area (Å²) < 4.78 is 6.18. The Balaban J connectivity index is 1.79. The van der Waals surface area contributed by atoms with Crippen LogP contribution in [0.3, 0.4) is 0 Å². The first kappa shape index (κ1) is 15.8. The molecule has 4 rings (SSSR count). The third-order valence-corrected chi connectivity index (χ3v) is 4.82. The largest absolute Gasteiger partial charge is 0.448 e. The summed E-state index contributed by atoms with van der Waals surface area (Å²) in [5, 5.41) is 12.7. The summed E-state index contributed by atoms with van der Waals surface area (Å²) in [4.78, 5) is 8.67. The summed E-state index contributed by atoms with van der Waals surface area (Å²) in [6.07, 6.45) is 4.18. The molecule has 0 aliphatic carbocycles. The Morgan fingerprint density at radius 3 is 2.80 bits per heavy atom. The van der Waals surface area contributed by atoms with Crippen LogP contribution >= 0.6 is 11.8 Å². The second-order valence-corrected chi connectivity index (χ2v) is 6.63. The molecule has 25 heavy (non-hydrogen) atoms. The fourth-order valence-electron chi connectivity index (χ4n) is 2.59. The van der Waals surface area contributed by atoms with Gasteiger partial charge in [-0.15, -0.1) is 10.2 Å². The minimum atomic E-state index is -0.369. The summed E-state index contributed by atoms with van der Waals surface area (Å²) >= 11 is 1.58. The first-order valence-electron chi connectivity index (χ1n) is 8.15. The predicted octanol–water partition coefficient (Wildman–Crippen LogP) is 3.94. The molecule has 0 saturated carbocycles. The highest BCUT2D eigenvalue weighted by molar-refractivity contribution is 7.99. The van der Waals surface area contributed by atoms with Crippen molar-refractivity contribution in [1.82, 2.24) is 20.2 Å². The van der Waals surface area contributed by atoms with E-state index in [0.29, 0.717) is 16.7 Å². The molecule has 6 nitrogen and oxygen atoms in total. The number of ether oxygens (including phenoxy) is 1. The van der Waals surface area contributed by atoms with Crippen molar-refractivity contribution in [2.24, 2.45) is 0 Å². The minimum absolute atomic E-state index is 0.369. The first-order chi connectivity index (χ1) is 12.3. The molecule has 0 spiro atoms. The number of hydrogen-bond donors (Lipinski definition) is 1. The van der Waals surface area contributed by atoms with Crippen molar-refractivity contribution >= 4 is 17.4 Å². The maximum atomic E-state index is 6.18. The van der Waals surface area contributed by atoms with Gasteiger partial charge in [-0.2, -0.15) is 4.98 Å². The van der Waals surface area contributed by atoms with E-state index in [4.69, 9.17) is 4.74 Å². The lowest BCUT2D eigenvalue weighted by atomic mass is 10.1. The molecule has 1 N–H and O–H groups in total. The van der Waals surface area contributed by atoms with Crippen LogP contribution in [0.25, 0.3) is 11.3 Å². The molecular weight excluding hydrogens is 334 g/mol. The summed E-state index contributed by atoms with van der Waals surface area (Å²) in [6.45, 7) is 2.13. The Bertz CT molecular complexity index is 874. The third-order valence-electron chi connectivity index (χ3n) is 3.78. The highest BCUT2D eigenvalue weighted by Gasteiger charge is 2.25. The molecule has 0 amide bonds. The van der Waals surface area contributed by atoms with Crippen LogP contribution < -0.4 is 10.1 Å². The standard InChI is InChI=1S/C18H17N5OS/c1-2-11-25-18-21-17-15(22-23-18)13-5-3-4-6-14(13)20-16(24-17)12-7-9-19-10-8-12/h3-10,16,20H,2,11H2,1H3/t16-/m0/s1. The van der Waals surface area contributed by atoms with Gasteiger partial charge in [0.05, 0.1) is 0 Å². The lowest BCUT2D eigenvalue weighted by Gasteiger charge is -2.19. The second-order valence-electron chi connectivity index (χ2n) is 5.56. The Kier molecular flexibility index (Phi) is 4.47. The monoisotopic (exact) mass is 351 g/mol. The van der Waals surface area contributed by atoms with Crippen LogP contribution in [0.15, 0.2) is 53.9 Å². The number of nitrogens with one attached hydrogen (secondary N) is 1. The molecule has 1 aromatic carbocycles. The highest BCUT2D eigenvalue weighted by Crippen LogP contribution is 2.39. The SMILES string of the molecule is CCCSc1nnc2c(n1)O[C@@H](c1ccncc1)Nc1ccccc1-2. The number of thioether (sulfide) groups is 1. The van der Waals surface area contributed by atoms with Gasteiger partial charge >= 0.3 is 0 Å². The topological polar surface area (TPSA) is 72.8 Å². The van der Waals surface area contributed by atoms with E-state index in [2.05, 4.69) is 32.4 Å². The van der Waals surface area contributed by atoms with Gasteiger partial charge in [-0.1, -0.05) is 36.9 Å². The molecule has 0 radical (unpaired) electrons. The van der Waals surface area contributed by atoms with Crippen molar-refractivity contribution in [2.75, 3.05) is 11.1 Å². The zero-order valence-electron chi connectivity index (χ0n) is 13.7. The molecule has 7 heteroatoms. The van der Waals surface area contributed by atoms with Crippen LogP contribution in [-0.4, -0.2) is 25.9 Å². The quantitative estimate of drug-likeness (QED) is 0.714. The molecule has 0 saturated heterocycles. The van der Waals surface area contributed by atoms with Crippen molar-refractivity contribution in [2.45, 2.75) is 24.7 Å². The molecular formula is C18H17N5OS. The molecule has 3 heterocycles. The van der Waals surface area contributed by atoms with E-state index < -0.39 is 0 Å². The zero-order chi connectivity index (χ0) is 17.1. The summed E-state index contributed by atoms with van der Waals surface area (Å²) in [7, 11) is 0. The van der Waals surface area contributed by atoms with Gasteiger partial charge in [0.2, 0.25) is 11.0 Å². The van der Waals surface area contributed by atoms with Gasteiger partial charge in [-0.3, -0.25) is 4.98 Å². The number of pyridine rings is 1. The van der Waals surface area contributed by atoms with E-state index >= 15 is 0 Å². The van der Waals surface area contributed by atoms with E-state index in [9.17, 15) is 0 Å². The van der Waals surface area contributed by atoms with Crippen LogP contribution in [0.4, 0.5) is 5.69 Å². The van der Waals surface area contributed by atoms with Gasteiger partial charge in [-0.05, 0) is 24.6 Å². The molecule has 1 aliphatic heterocycles. The number of hydrogen-bond acceptors (Lipinski definition) is 7. The molecule has 0 fully saturated rings. The van der Waals surface area contributed by atoms with Crippen LogP contribution in [0, 0.1) is 0 Å². The fraction of sp³-hybridized carbons (Fsp3) is 0.222. The van der Waals surface area contributed by atoms with E-state index in [1.54, 1.807) is 24.2 Å². The first-order valence-corrected chi connectivity index (χ1v) is 9.13. The number of fused-ring (bicyclic) bond motifs is 3. The predicted molar refractivity (Wildman–Crippen MR) is 97.5 cm³/mol. The molecule has 3 aromatic rings. The molecule has 1 aliphatic rings. The van der Waals surface area contributed by atoms with Crippen LogP contribution in [0.5, 0.6) is 5.88 Å². The molecule has 2 aromatic heterocycles. The molecule has 0 bridgehead atoms. The lowest BCUT2D eigenvalue weighted by molar-refractivity contribution is 0.225. The number of benzene rings is 1. The summed E-state index contributed by atoms with van der Waals surface area (Å²) in [5.74, 6) is 1.44. The Morgan fingerprint density at radius 2 is 1.96 bits per heavy atom. The molecule has 0 unspecified atom stereocenters. The van der Waals surface area contributed by atoms with E-state index in [1.165, 1.54) is 0 Å². The summed E-state index contributed by atoms with van der Waals surface area (Å²) in [6, 6.07) is 11.8. The average Bonchev–Trinajstić information content (AvgIpc) is 2.83. The van der Waals surface area contributed by atoms with Crippen molar-refractivity contribution in [3.05, 3.63) is 54.4 Å². The number of nitrogens with zero attached hydrogens (tertiary/aromatic N) is 4. The summed E-state index contributed by atoms with van der Waals surface area (Å²) in [5.41, 5.74) is 3.49. The van der Waals surface area contributed by atoms with Gasteiger partial charge in [0.1, 0.15) is 0 Å². The number of para-hydroxylation sites is 1. The maximum absolute atomic E-state index is 6.18. The maximum Gasteiger partial charge on any atom is 0.247 e. The van der Waals surface area contributed by atoms with Crippen molar-refractivity contribution in [3.8, 4) is 17.1 Å². The van der Waals surface area contributed by atoms with Crippen molar-refractivity contribution < 1.29 is 4.74 Å². The minimum Gasteiger partial charge on any atom is -0.448 e. The molecule has 126 valence electrons. The third kappa shape index (κ3) is 3.28. The van der Waals surface area contributed by atoms with Crippen LogP contribution in [0.2, 0.25) is 0 Å². The van der Waals surface area contributed by atoms with E-state index in [-0.39, 0.29) is 6.23 Å². The lowest BCUT2D eigenvalue weighted by Crippen LogP contribution is -2.17. The number of aromatic nitrogens is 4. The van der Waals surface area contributed by atoms with Crippen molar-refractivity contribution in [1.29, 1.82) is 0 Å². The van der Waals surface area contributed by atoms with Gasteiger partial charge in [0.25, 0.3) is 0 Å². The second kappa shape index (κ2) is 7.06. The number of anilines is 1. The van der Waals surface area contributed by atoms with Crippen LogP contribution in [0.1, 0.15) is 25.1 Å². The highest BCUT2D eigenvalue weighted by atomic mass is 32.2. The van der Waals surface area contributed by atoms with E-state index in [1.807, 2.05) is 36.4 Å². The smallest absolute Gasteiger partial charge is 0.247 e. The zero-order valence-corrected chi connectivity index (χ0v) is 14.5. The van der Waals surface area contributed by atoms with Crippen LogP contribution in [-0.2, 0) is 0 Å². The number of rotatable bonds is 4.